The zero-order valence-electron chi connectivity index (χ0n) is 2.43. The first-order valence-corrected chi connectivity index (χ1v) is 2.55. The molecule has 0 saturated carbocycles. The molecule has 6 heteroatoms. The second-order valence-corrected chi connectivity index (χ2v) is 0.344. The minimum absolute atomic E-state index is 0. The fourth-order valence-electron chi connectivity index (χ4n) is 0. The van der Waals surface area contributed by atoms with E-state index in [0.717, 1.165) is 0 Å². The Labute approximate surface area is 56.7 Å². The molecule has 0 aliphatic carbocycles. The van der Waals surface area contributed by atoms with Crippen molar-refractivity contribution in [2.45, 2.75) is 0 Å². The van der Waals surface area contributed by atoms with E-state index in [0.29, 0.717) is 16.2 Å². The quantitative estimate of drug-likeness (QED) is 0.365. The monoisotopic (exact) mass is 156 g/mol. The number of hydrogen-bond acceptors (Lipinski definition) is 3. The Morgan fingerprint density at radius 3 is 1.17 bits per heavy atom. The molecule has 0 aliphatic rings. The number of hydrogen-bond donors (Lipinski definition) is 0. The molecule has 6 heavy (non-hydrogen) atoms. The fourth-order valence-corrected chi connectivity index (χ4v) is 0. The zero-order valence-corrected chi connectivity index (χ0v) is 5.41. The molecule has 0 fully saturated rings. The van der Waals surface area contributed by atoms with Crippen LogP contribution in [0.5, 0.6) is 0 Å². The van der Waals surface area contributed by atoms with E-state index >= 15 is 0 Å². The smallest absolute Gasteiger partial charge is 0.0149 e. The predicted molar refractivity (Wildman–Crippen MR) is 20.5 cm³/mol. The molecular formula is H5AlO3SiTi. The topological polar surface area (TPSA) is 51.2 Å². The second kappa shape index (κ2) is 39.9. The Bertz CT molecular complexity index is 40.1. The Morgan fingerprint density at radius 1 is 1.17 bits per heavy atom. The average Bonchev–Trinajstić information content (AvgIpc) is 1.46. The standard InChI is InChI=1S/Al.3O.H4Si.Ti.H/h;;;;1H4;;. The molecule has 0 heterocycles. The maximum atomic E-state index is 8.50. The first-order valence-electron chi connectivity index (χ1n) is 0.697. The maximum absolute atomic E-state index is 8.50. The van der Waals surface area contributed by atoms with Crippen LogP contribution in [0.3, 0.4) is 0 Å². The average molecular weight is 156 g/mol. The third-order valence-corrected chi connectivity index (χ3v) is 0. The van der Waals surface area contributed by atoms with Gasteiger partial charge in [-0.05, 0) is 11.0 Å². The minimum Gasteiger partial charge on any atom is -0.0149 e. The van der Waals surface area contributed by atoms with Crippen molar-refractivity contribution in [3.8, 4) is 0 Å². The predicted octanol–water partition coefficient (Wildman–Crippen LogP) is -2.46. The first kappa shape index (κ1) is 15.8. The first-order chi connectivity index (χ1) is 2.41. The summed E-state index contributed by atoms with van der Waals surface area (Å²) in [5.41, 5.74) is 0. The van der Waals surface area contributed by atoms with Gasteiger partial charge in [-0.1, -0.05) is 0 Å². The van der Waals surface area contributed by atoms with Gasteiger partial charge in [0.05, 0.1) is 0 Å². The summed E-state index contributed by atoms with van der Waals surface area (Å²) < 4.78 is 25.3. The summed E-state index contributed by atoms with van der Waals surface area (Å²) in [7, 11) is 0. The van der Waals surface area contributed by atoms with Crippen molar-refractivity contribution >= 4 is 27.2 Å². The van der Waals surface area contributed by atoms with Crippen LogP contribution in [0.4, 0.5) is 0 Å². The van der Waals surface area contributed by atoms with E-state index in [-0.39, 0.29) is 11.0 Å². The molecule has 0 radical (unpaired) electrons. The molecule has 0 rings (SSSR count). The molecule has 0 unspecified atom stereocenters. The van der Waals surface area contributed by atoms with Gasteiger partial charge in [-0.15, -0.1) is 0 Å². The van der Waals surface area contributed by atoms with E-state index in [9.17, 15) is 0 Å². The Hall–Kier alpha value is 0.864. The van der Waals surface area contributed by atoms with Gasteiger partial charge >= 0.3 is 45.8 Å². The van der Waals surface area contributed by atoms with Gasteiger partial charge in [-0.2, -0.15) is 0 Å². The molecule has 0 N–H and O–H groups in total. The van der Waals surface area contributed by atoms with Crippen molar-refractivity contribution in [2.24, 2.45) is 0 Å². The molecule has 0 aliphatic heterocycles. The van der Waals surface area contributed by atoms with Crippen LogP contribution in [0.1, 0.15) is 0 Å². The second-order valence-electron chi connectivity index (χ2n) is 0.0833. The minimum atomic E-state index is -2.00. The summed E-state index contributed by atoms with van der Waals surface area (Å²) in [4.78, 5) is 0. The van der Waals surface area contributed by atoms with Gasteiger partial charge in [0, 0.05) is 0 Å². The van der Waals surface area contributed by atoms with E-state index in [1.54, 1.807) is 0 Å². The van der Waals surface area contributed by atoms with Crippen LogP contribution < -0.4 is 0 Å². The van der Waals surface area contributed by atoms with Crippen LogP contribution in [-0.4, -0.2) is 27.2 Å². The largest absolute Gasteiger partial charge is 0.0149 e. The van der Waals surface area contributed by atoms with Crippen LogP contribution in [0.25, 0.3) is 0 Å². The van der Waals surface area contributed by atoms with Crippen molar-refractivity contribution in [3.05, 3.63) is 0 Å². The molecule has 0 atom stereocenters. The zero-order chi connectivity index (χ0) is 4.71. The van der Waals surface area contributed by atoms with E-state index in [4.69, 9.17) is 10.5 Å². The van der Waals surface area contributed by atoms with Crippen LogP contribution in [0, 0.1) is 0 Å². The molecule has 3 nitrogen and oxygen atoms in total. The Kier molecular flexibility index (Phi) is 105. The van der Waals surface area contributed by atoms with Gasteiger partial charge in [-0.3, -0.25) is 0 Å². The van der Waals surface area contributed by atoms with Crippen molar-refractivity contribution in [1.29, 1.82) is 0 Å². The van der Waals surface area contributed by atoms with Gasteiger partial charge in [-0.25, -0.2) is 0 Å². The van der Waals surface area contributed by atoms with Crippen LogP contribution in [-0.2, 0) is 29.5 Å². The molecule has 0 saturated heterocycles. The number of rotatable bonds is 0. The van der Waals surface area contributed by atoms with Crippen molar-refractivity contribution in [2.75, 3.05) is 0 Å². The van der Waals surface area contributed by atoms with Crippen molar-refractivity contribution in [3.63, 3.8) is 0 Å². The summed E-state index contributed by atoms with van der Waals surface area (Å²) in [5.74, 6) is 0. The van der Waals surface area contributed by atoms with Gasteiger partial charge in [0.15, 0.2) is 0 Å². The SMILES string of the molecule is [O]=[AlH].[O]=[Ti]=[O].[SiH4]. The summed E-state index contributed by atoms with van der Waals surface area (Å²) in [6, 6.07) is 0. The third-order valence-electron chi connectivity index (χ3n) is 0. The van der Waals surface area contributed by atoms with E-state index in [1.165, 1.54) is 0 Å². The summed E-state index contributed by atoms with van der Waals surface area (Å²) in [5, 5.41) is 0. The molecule has 0 aromatic rings. The molecule has 0 aromatic carbocycles. The van der Waals surface area contributed by atoms with Gasteiger partial charge in [0.2, 0.25) is 0 Å². The van der Waals surface area contributed by atoms with Gasteiger partial charge < -0.3 is 0 Å². The summed E-state index contributed by atoms with van der Waals surface area (Å²) in [6.45, 7) is 0. The Morgan fingerprint density at radius 2 is 1.17 bits per heavy atom. The molecule has 0 spiro atoms. The maximum Gasteiger partial charge on any atom is -0.0149 e. The van der Waals surface area contributed by atoms with E-state index in [1.807, 2.05) is 0 Å². The van der Waals surface area contributed by atoms with Crippen LogP contribution in [0.15, 0.2) is 0 Å². The van der Waals surface area contributed by atoms with E-state index < -0.39 is 19.1 Å². The van der Waals surface area contributed by atoms with Crippen LogP contribution in [0.2, 0.25) is 0 Å². The molecule has 0 bridgehead atoms. The summed E-state index contributed by atoms with van der Waals surface area (Å²) >= 11 is -1.39. The molecule has 0 aromatic heterocycles. The molecule has 34 valence electrons. The molecule has 0 amide bonds. The van der Waals surface area contributed by atoms with Crippen LogP contribution >= 0.6 is 0 Å². The third kappa shape index (κ3) is 97.3. The van der Waals surface area contributed by atoms with Gasteiger partial charge in [0.25, 0.3) is 0 Å². The summed E-state index contributed by atoms with van der Waals surface area (Å²) in [6.07, 6.45) is 0. The van der Waals surface area contributed by atoms with Crippen molar-refractivity contribution in [1.82, 2.24) is 0 Å². The molecular weight excluding hydrogens is 151 g/mol. The fraction of sp³-hybridized carbons (Fsp3) is 0. The van der Waals surface area contributed by atoms with Crippen molar-refractivity contribution < 1.29 is 29.5 Å². The Balaban J connectivity index is -0.0000000275. The van der Waals surface area contributed by atoms with E-state index in [2.05, 4.69) is 0 Å². The van der Waals surface area contributed by atoms with Gasteiger partial charge in [0.1, 0.15) is 0 Å². The normalized spacial score (nSPS) is 1.83.